The van der Waals surface area contributed by atoms with E-state index in [0.717, 1.165) is 37.4 Å². The van der Waals surface area contributed by atoms with E-state index in [1.54, 1.807) is 0 Å². The average molecular weight is 364 g/mol. The molecule has 0 radical (unpaired) electrons. The van der Waals surface area contributed by atoms with Gasteiger partial charge in [-0.3, -0.25) is 19.8 Å². The largest absolute Gasteiger partial charge is 0.393 e. The summed E-state index contributed by atoms with van der Waals surface area (Å²) in [6.07, 6.45) is 4.57. The van der Waals surface area contributed by atoms with Crippen LogP contribution in [0.1, 0.15) is 36.0 Å². The Morgan fingerprint density at radius 2 is 2.00 bits per heavy atom. The molecule has 7 nitrogen and oxygen atoms in total. The maximum Gasteiger partial charge on any atom is 0.292 e. The van der Waals surface area contributed by atoms with Crippen molar-refractivity contribution in [1.82, 2.24) is 10.2 Å². The monoisotopic (exact) mass is 364 g/mol. The van der Waals surface area contributed by atoms with Gasteiger partial charge in [-0.1, -0.05) is 12.8 Å². The third kappa shape index (κ3) is 3.90. The van der Waals surface area contributed by atoms with E-state index >= 15 is 0 Å². The molecular weight excluding hydrogens is 340 g/mol. The minimum Gasteiger partial charge on any atom is -0.393 e. The van der Waals surface area contributed by atoms with Gasteiger partial charge in [-0.05, 0) is 25.0 Å². The summed E-state index contributed by atoms with van der Waals surface area (Å²) in [6.45, 7) is 2.72. The SMILES string of the molecule is Nc1ccc(C(=O)NCC2(N3CCSCC3)CCCC2)cc1[N+](=O)[O-]. The molecule has 1 saturated heterocycles. The van der Waals surface area contributed by atoms with Crippen molar-refractivity contribution in [3.05, 3.63) is 33.9 Å². The molecule has 1 aromatic rings. The molecule has 25 heavy (non-hydrogen) atoms. The van der Waals surface area contributed by atoms with Crippen molar-refractivity contribution in [3.63, 3.8) is 0 Å². The molecule has 1 aromatic carbocycles. The molecule has 1 aliphatic carbocycles. The number of hydrogen-bond acceptors (Lipinski definition) is 6. The van der Waals surface area contributed by atoms with Crippen LogP contribution in [0.2, 0.25) is 0 Å². The van der Waals surface area contributed by atoms with Gasteiger partial charge < -0.3 is 11.1 Å². The molecule has 0 aromatic heterocycles. The number of nitrogen functional groups attached to an aromatic ring is 1. The molecule has 2 aliphatic rings. The number of anilines is 1. The number of nitro benzene ring substituents is 1. The molecule has 3 N–H and O–H groups in total. The molecule has 0 spiro atoms. The van der Waals surface area contributed by atoms with E-state index in [9.17, 15) is 14.9 Å². The summed E-state index contributed by atoms with van der Waals surface area (Å²) in [5.74, 6) is 2.00. The van der Waals surface area contributed by atoms with Crippen LogP contribution in [0.5, 0.6) is 0 Å². The van der Waals surface area contributed by atoms with E-state index in [0.29, 0.717) is 6.54 Å². The van der Waals surface area contributed by atoms with Crippen molar-refractivity contribution in [1.29, 1.82) is 0 Å². The minimum absolute atomic E-state index is 0.0381. The average Bonchev–Trinajstić information content (AvgIpc) is 3.11. The molecule has 1 amide bonds. The van der Waals surface area contributed by atoms with Crippen LogP contribution in [0, 0.1) is 10.1 Å². The second-order valence-corrected chi connectivity index (χ2v) is 7.97. The van der Waals surface area contributed by atoms with Crippen molar-refractivity contribution in [2.75, 3.05) is 36.9 Å². The number of carbonyl (C=O) groups excluding carboxylic acids is 1. The zero-order chi connectivity index (χ0) is 17.9. The normalized spacial score (nSPS) is 20.3. The van der Waals surface area contributed by atoms with E-state index in [1.165, 1.54) is 31.0 Å². The fourth-order valence-electron chi connectivity index (χ4n) is 3.87. The standard InChI is InChI=1S/C17H24N4O3S/c18-14-4-3-13(11-15(14)21(23)24)16(22)19-12-17(5-1-2-6-17)20-7-9-25-10-8-20/h3-4,11H,1-2,5-10,12,18H2,(H,19,22). The number of nitrogens with two attached hydrogens (primary N) is 1. The van der Waals surface area contributed by atoms with Gasteiger partial charge >= 0.3 is 0 Å². The predicted molar refractivity (Wildman–Crippen MR) is 99.9 cm³/mol. The predicted octanol–water partition coefficient (Wildman–Crippen LogP) is 2.27. The number of hydrogen-bond donors (Lipinski definition) is 2. The molecule has 1 heterocycles. The Bertz CT molecular complexity index is 655. The maximum absolute atomic E-state index is 12.5. The smallest absolute Gasteiger partial charge is 0.292 e. The lowest BCUT2D eigenvalue weighted by Crippen LogP contribution is -2.56. The minimum atomic E-state index is -0.560. The number of nitrogens with zero attached hydrogens (tertiary/aromatic N) is 2. The van der Waals surface area contributed by atoms with E-state index in [1.807, 2.05) is 11.8 Å². The molecule has 8 heteroatoms. The molecule has 0 atom stereocenters. The van der Waals surface area contributed by atoms with Crippen molar-refractivity contribution < 1.29 is 9.72 Å². The third-order valence-electron chi connectivity index (χ3n) is 5.28. The van der Waals surface area contributed by atoms with E-state index in [-0.39, 0.29) is 28.4 Å². The van der Waals surface area contributed by atoms with Crippen molar-refractivity contribution in [3.8, 4) is 0 Å². The highest BCUT2D eigenvalue weighted by Gasteiger charge is 2.40. The maximum atomic E-state index is 12.5. The van der Waals surface area contributed by atoms with Crippen LogP contribution in [-0.2, 0) is 0 Å². The van der Waals surface area contributed by atoms with E-state index in [4.69, 9.17) is 5.73 Å². The van der Waals surface area contributed by atoms with Crippen LogP contribution in [0.4, 0.5) is 11.4 Å². The molecular formula is C17H24N4O3S. The lowest BCUT2D eigenvalue weighted by atomic mass is 9.94. The van der Waals surface area contributed by atoms with Crippen LogP contribution in [0.15, 0.2) is 18.2 Å². The lowest BCUT2D eigenvalue weighted by molar-refractivity contribution is -0.383. The topological polar surface area (TPSA) is 102 Å². The highest BCUT2D eigenvalue weighted by molar-refractivity contribution is 7.99. The Labute approximate surface area is 151 Å². The molecule has 1 aliphatic heterocycles. The number of rotatable bonds is 5. The Balaban J connectivity index is 1.70. The number of nitrogens with one attached hydrogen (secondary N) is 1. The zero-order valence-electron chi connectivity index (χ0n) is 14.2. The molecule has 136 valence electrons. The van der Waals surface area contributed by atoms with Crippen LogP contribution < -0.4 is 11.1 Å². The second-order valence-electron chi connectivity index (χ2n) is 6.74. The quantitative estimate of drug-likeness (QED) is 0.472. The van der Waals surface area contributed by atoms with Crippen LogP contribution in [0.25, 0.3) is 0 Å². The van der Waals surface area contributed by atoms with Gasteiger partial charge in [0.2, 0.25) is 0 Å². The van der Waals surface area contributed by atoms with Gasteiger partial charge in [0.15, 0.2) is 0 Å². The van der Waals surface area contributed by atoms with Gasteiger partial charge in [-0.15, -0.1) is 0 Å². The van der Waals surface area contributed by atoms with Gasteiger partial charge in [0.05, 0.1) is 4.92 Å². The van der Waals surface area contributed by atoms with E-state index < -0.39 is 4.92 Å². The van der Waals surface area contributed by atoms with Gasteiger partial charge in [0, 0.05) is 48.3 Å². The number of thioether (sulfide) groups is 1. The van der Waals surface area contributed by atoms with Crippen molar-refractivity contribution in [2.45, 2.75) is 31.2 Å². The van der Waals surface area contributed by atoms with Gasteiger partial charge in [0.25, 0.3) is 11.6 Å². The molecule has 1 saturated carbocycles. The summed E-state index contributed by atoms with van der Waals surface area (Å²) < 4.78 is 0. The first-order chi connectivity index (χ1) is 12.0. The molecule has 2 fully saturated rings. The summed E-state index contributed by atoms with van der Waals surface area (Å²) in [7, 11) is 0. The number of nitro groups is 1. The third-order valence-corrected chi connectivity index (χ3v) is 6.23. The Hall–Kier alpha value is -1.80. The van der Waals surface area contributed by atoms with Crippen LogP contribution in [-0.4, -0.2) is 52.4 Å². The fraction of sp³-hybridized carbons (Fsp3) is 0.588. The summed E-state index contributed by atoms with van der Waals surface area (Å²) >= 11 is 1.98. The number of benzene rings is 1. The number of carbonyl (C=O) groups is 1. The Morgan fingerprint density at radius 3 is 2.64 bits per heavy atom. The number of amides is 1. The Kier molecular flexibility index (Phi) is 5.48. The van der Waals surface area contributed by atoms with Crippen LogP contribution in [0.3, 0.4) is 0 Å². The van der Waals surface area contributed by atoms with E-state index in [2.05, 4.69) is 10.2 Å². The summed E-state index contributed by atoms with van der Waals surface area (Å²) in [5.41, 5.74) is 5.76. The molecule has 3 rings (SSSR count). The lowest BCUT2D eigenvalue weighted by Gasteiger charge is -2.43. The molecule has 0 bridgehead atoms. The highest BCUT2D eigenvalue weighted by Crippen LogP contribution is 2.36. The first kappa shape index (κ1) is 18.0. The highest BCUT2D eigenvalue weighted by atomic mass is 32.2. The van der Waals surface area contributed by atoms with Gasteiger partial charge in [-0.2, -0.15) is 11.8 Å². The first-order valence-electron chi connectivity index (χ1n) is 8.67. The summed E-state index contributed by atoms with van der Waals surface area (Å²) in [5, 5.41) is 14.0. The summed E-state index contributed by atoms with van der Waals surface area (Å²) in [4.78, 5) is 25.5. The summed E-state index contributed by atoms with van der Waals surface area (Å²) in [6, 6.07) is 4.21. The Morgan fingerprint density at radius 1 is 1.32 bits per heavy atom. The van der Waals surface area contributed by atoms with Gasteiger partial charge in [0.1, 0.15) is 5.69 Å². The van der Waals surface area contributed by atoms with Crippen LogP contribution >= 0.6 is 11.8 Å². The van der Waals surface area contributed by atoms with Crippen molar-refractivity contribution in [2.24, 2.45) is 0 Å². The van der Waals surface area contributed by atoms with Crippen molar-refractivity contribution >= 4 is 29.0 Å². The molecule has 0 unspecified atom stereocenters. The zero-order valence-corrected chi connectivity index (χ0v) is 15.0. The second kappa shape index (κ2) is 7.61. The first-order valence-corrected chi connectivity index (χ1v) is 9.82. The fourth-order valence-corrected chi connectivity index (χ4v) is 4.77. The van der Waals surface area contributed by atoms with Gasteiger partial charge in [-0.25, -0.2) is 0 Å².